The number of halogens is 1. The van der Waals surface area contributed by atoms with Crippen LogP contribution in [0, 0.1) is 0 Å². The standard InChI is InChI=1S/C12H18BrN3O/c1-7(2)10-9(13)12(14-3)16-11(15-10)8-4-5-17-6-8/h7-8H,4-6H2,1-3H3,(H,14,15,16). The van der Waals surface area contributed by atoms with Crippen molar-refractivity contribution < 1.29 is 4.74 Å². The van der Waals surface area contributed by atoms with Crippen LogP contribution in [0.3, 0.4) is 0 Å². The number of hydrogen-bond acceptors (Lipinski definition) is 4. The second kappa shape index (κ2) is 5.31. The maximum absolute atomic E-state index is 5.40. The van der Waals surface area contributed by atoms with Gasteiger partial charge in [-0.2, -0.15) is 0 Å². The van der Waals surface area contributed by atoms with Gasteiger partial charge in [-0.1, -0.05) is 13.8 Å². The van der Waals surface area contributed by atoms with E-state index in [1.54, 1.807) is 0 Å². The SMILES string of the molecule is CNc1nc(C2CCOC2)nc(C(C)C)c1Br. The highest BCUT2D eigenvalue weighted by Crippen LogP contribution is 2.32. The smallest absolute Gasteiger partial charge is 0.144 e. The number of ether oxygens (including phenoxy) is 1. The Bertz CT molecular complexity index is 403. The molecule has 1 aromatic heterocycles. The molecule has 17 heavy (non-hydrogen) atoms. The van der Waals surface area contributed by atoms with Gasteiger partial charge >= 0.3 is 0 Å². The van der Waals surface area contributed by atoms with Crippen LogP contribution in [-0.4, -0.2) is 30.2 Å². The van der Waals surface area contributed by atoms with Crippen molar-refractivity contribution in [3.63, 3.8) is 0 Å². The molecule has 0 bridgehead atoms. The van der Waals surface area contributed by atoms with E-state index in [9.17, 15) is 0 Å². The van der Waals surface area contributed by atoms with Gasteiger partial charge in [0.25, 0.3) is 0 Å². The van der Waals surface area contributed by atoms with E-state index in [1.807, 2.05) is 7.05 Å². The predicted molar refractivity (Wildman–Crippen MR) is 71.5 cm³/mol. The molecule has 4 nitrogen and oxygen atoms in total. The van der Waals surface area contributed by atoms with E-state index in [1.165, 1.54) is 0 Å². The molecule has 0 radical (unpaired) electrons. The Morgan fingerprint density at radius 2 is 2.18 bits per heavy atom. The Hall–Kier alpha value is -0.680. The summed E-state index contributed by atoms with van der Waals surface area (Å²) < 4.78 is 6.37. The number of nitrogens with one attached hydrogen (secondary N) is 1. The van der Waals surface area contributed by atoms with Gasteiger partial charge in [-0.05, 0) is 28.3 Å². The van der Waals surface area contributed by atoms with E-state index in [2.05, 4.69) is 45.1 Å². The van der Waals surface area contributed by atoms with Gasteiger partial charge in [0.2, 0.25) is 0 Å². The molecule has 0 aliphatic carbocycles. The normalized spacial score (nSPS) is 19.9. The van der Waals surface area contributed by atoms with Crippen molar-refractivity contribution in [2.75, 3.05) is 25.6 Å². The van der Waals surface area contributed by atoms with Crippen molar-refractivity contribution in [3.8, 4) is 0 Å². The van der Waals surface area contributed by atoms with Crippen molar-refractivity contribution in [2.24, 2.45) is 0 Å². The van der Waals surface area contributed by atoms with Gasteiger partial charge in [0.15, 0.2) is 0 Å². The van der Waals surface area contributed by atoms with Gasteiger partial charge in [-0.15, -0.1) is 0 Å². The molecular formula is C12H18BrN3O. The van der Waals surface area contributed by atoms with E-state index < -0.39 is 0 Å². The molecule has 1 saturated heterocycles. The zero-order chi connectivity index (χ0) is 12.4. The van der Waals surface area contributed by atoms with Gasteiger partial charge in [-0.25, -0.2) is 9.97 Å². The van der Waals surface area contributed by atoms with Gasteiger partial charge in [0.1, 0.15) is 11.6 Å². The third-order valence-electron chi connectivity index (χ3n) is 2.97. The third-order valence-corrected chi connectivity index (χ3v) is 3.75. The lowest BCUT2D eigenvalue weighted by atomic mass is 10.1. The second-order valence-corrected chi connectivity index (χ2v) is 5.39. The highest BCUT2D eigenvalue weighted by molar-refractivity contribution is 9.10. The second-order valence-electron chi connectivity index (χ2n) is 4.59. The molecule has 1 aliphatic heterocycles. The first-order valence-corrected chi connectivity index (χ1v) is 6.75. The Kier molecular flexibility index (Phi) is 3.99. The summed E-state index contributed by atoms with van der Waals surface area (Å²) in [5.74, 6) is 2.48. The Balaban J connectivity index is 2.42. The average molecular weight is 300 g/mol. The highest BCUT2D eigenvalue weighted by atomic mass is 79.9. The van der Waals surface area contributed by atoms with Crippen LogP contribution in [0.4, 0.5) is 5.82 Å². The monoisotopic (exact) mass is 299 g/mol. The van der Waals surface area contributed by atoms with Crippen molar-refractivity contribution >= 4 is 21.7 Å². The maximum Gasteiger partial charge on any atom is 0.144 e. The number of rotatable bonds is 3. The molecule has 0 saturated carbocycles. The zero-order valence-electron chi connectivity index (χ0n) is 10.5. The molecule has 2 heterocycles. The third kappa shape index (κ3) is 2.60. The summed E-state index contributed by atoms with van der Waals surface area (Å²) in [5, 5.41) is 3.12. The first-order chi connectivity index (χ1) is 8.13. The molecule has 0 amide bonds. The van der Waals surface area contributed by atoms with Crippen molar-refractivity contribution in [2.45, 2.75) is 32.1 Å². The lowest BCUT2D eigenvalue weighted by molar-refractivity contribution is 0.193. The molecular weight excluding hydrogens is 282 g/mol. The number of hydrogen-bond donors (Lipinski definition) is 1. The molecule has 0 aromatic carbocycles. The Morgan fingerprint density at radius 1 is 1.41 bits per heavy atom. The molecule has 2 rings (SSSR count). The first-order valence-electron chi connectivity index (χ1n) is 5.96. The summed E-state index contributed by atoms with van der Waals surface area (Å²) in [6.07, 6.45) is 1.02. The maximum atomic E-state index is 5.40. The number of anilines is 1. The van der Waals surface area contributed by atoms with Crippen molar-refractivity contribution in [3.05, 3.63) is 16.0 Å². The van der Waals surface area contributed by atoms with Gasteiger partial charge < -0.3 is 10.1 Å². The summed E-state index contributed by atoms with van der Waals surface area (Å²) >= 11 is 3.57. The van der Waals surface area contributed by atoms with Gasteiger partial charge in [-0.3, -0.25) is 0 Å². The van der Waals surface area contributed by atoms with Crippen LogP contribution in [0.5, 0.6) is 0 Å². The van der Waals surface area contributed by atoms with E-state index in [0.717, 1.165) is 41.4 Å². The molecule has 0 spiro atoms. The van der Waals surface area contributed by atoms with E-state index in [4.69, 9.17) is 4.74 Å². The minimum atomic E-state index is 0.340. The molecule has 1 atom stereocenters. The van der Waals surface area contributed by atoms with Crippen LogP contribution in [0.15, 0.2) is 4.47 Å². The predicted octanol–water partition coefficient (Wildman–Crippen LogP) is 2.91. The molecule has 1 fully saturated rings. The molecule has 1 aromatic rings. The van der Waals surface area contributed by atoms with Crippen LogP contribution in [0.2, 0.25) is 0 Å². The van der Waals surface area contributed by atoms with Gasteiger partial charge in [0, 0.05) is 19.6 Å². The Morgan fingerprint density at radius 3 is 2.71 bits per heavy atom. The van der Waals surface area contributed by atoms with E-state index in [0.29, 0.717) is 11.8 Å². The fourth-order valence-corrected chi connectivity index (χ4v) is 2.78. The van der Waals surface area contributed by atoms with Crippen LogP contribution >= 0.6 is 15.9 Å². The fraction of sp³-hybridized carbons (Fsp3) is 0.667. The van der Waals surface area contributed by atoms with Crippen LogP contribution < -0.4 is 5.32 Å². The number of nitrogens with zero attached hydrogens (tertiary/aromatic N) is 2. The largest absolute Gasteiger partial charge is 0.381 e. The van der Waals surface area contributed by atoms with Crippen molar-refractivity contribution in [1.29, 1.82) is 0 Å². The number of aromatic nitrogens is 2. The fourth-order valence-electron chi connectivity index (χ4n) is 1.95. The van der Waals surface area contributed by atoms with Crippen LogP contribution in [-0.2, 0) is 4.74 Å². The average Bonchev–Trinajstić information content (AvgIpc) is 2.82. The molecule has 1 aliphatic rings. The van der Waals surface area contributed by atoms with Crippen LogP contribution in [0.25, 0.3) is 0 Å². The molecule has 1 N–H and O–H groups in total. The molecule has 5 heteroatoms. The summed E-state index contributed by atoms with van der Waals surface area (Å²) in [6.45, 7) is 5.83. The lowest BCUT2D eigenvalue weighted by Crippen LogP contribution is -2.11. The minimum absolute atomic E-state index is 0.340. The van der Waals surface area contributed by atoms with E-state index in [-0.39, 0.29) is 0 Å². The van der Waals surface area contributed by atoms with E-state index >= 15 is 0 Å². The van der Waals surface area contributed by atoms with Crippen molar-refractivity contribution in [1.82, 2.24) is 9.97 Å². The lowest BCUT2D eigenvalue weighted by Gasteiger charge is -2.15. The topological polar surface area (TPSA) is 47.0 Å². The summed E-state index contributed by atoms with van der Waals surface area (Å²) in [6, 6.07) is 0. The highest BCUT2D eigenvalue weighted by Gasteiger charge is 2.23. The molecule has 1 unspecified atom stereocenters. The minimum Gasteiger partial charge on any atom is -0.381 e. The summed E-state index contributed by atoms with van der Waals surface area (Å²) in [4.78, 5) is 9.25. The quantitative estimate of drug-likeness (QED) is 0.932. The Labute approximate surface area is 110 Å². The first kappa shape index (κ1) is 12.8. The van der Waals surface area contributed by atoms with Gasteiger partial charge in [0.05, 0.1) is 16.8 Å². The zero-order valence-corrected chi connectivity index (χ0v) is 12.0. The molecule has 94 valence electrons. The summed E-state index contributed by atoms with van der Waals surface area (Å²) in [7, 11) is 1.88. The van der Waals surface area contributed by atoms with Crippen LogP contribution in [0.1, 0.15) is 43.6 Å². The summed E-state index contributed by atoms with van der Waals surface area (Å²) in [5.41, 5.74) is 1.06.